The van der Waals surface area contributed by atoms with Gasteiger partial charge in [-0.15, -0.1) is 0 Å². The number of hydrogen-bond donors (Lipinski definition) is 2. The molecule has 114 valence electrons. The van der Waals surface area contributed by atoms with Crippen molar-refractivity contribution in [2.45, 2.75) is 33.9 Å². The predicted octanol–water partition coefficient (Wildman–Crippen LogP) is 1.92. The quantitative estimate of drug-likeness (QED) is 0.818. The zero-order valence-electron chi connectivity index (χ0n) is 13.0. The average molecular weight is 288 g/mol. The molecule has 0 saturated carbocycles. The Morgan fingerprint density at radius 2 is 2.10 bits per heavy atom. The van der Waals surface area contributed by atoms with Gasteiger partial charge in [-0.1, -0.05) is 32.0 Å². The van der Waals surface area contributed by atoms with Crippen molar-refractivity contribution in [2.24, 2.45) is 5.92 Å². The molecule has 0 spiro atoms. The minimum absolute atomic E-state index is 0.0305. The number of para-hydroxylation sites is 1. The molecule has 0 bridgehead atoms. The van der Waals surface area contributed by atoms with Crippen LogP contribution < -0.4 is 10.6 Å². The van der Waals surface area contributed by atoms with Crippen LogP contribution in [0.3, 0.4) is 0 Å². The Balaban J connectivity index is 1.93. The number of benzene rings is 1. The second kappa shape index (κ2) is 7.22. The number of carbonyl (C=O) groups is 1. The summed E-state index contributed by atoms with van der Waals surface area (Å²) >= 11 is 0. The van der Waals surface area contributed by atoms with E-state index in [-0.39, 0.29) is 5.91 Å². The van der Waals surface area contributed by atoms with Crippen molar-refractivity contribution in [3.63, 3.8) is 0 Å². The Bertz CT molecular complexity index is 603. The Labute approximate surface area is 125 Å². The molecule has 5 nitrogen and oxygen atoms in total. The SMILES string of the molecule is CCn1nc(CNCC(=O)NCC(C)C)c2ccccc21. The van der Waals surface area contributed by atoms with Gasteiger partial charge in [0.2, 0.25) is 5.91 Å². The van der Waals surface area contributed by atoms with E-state index >= 15 is 0 Å². The number of fused-ring (bicyclic) bond motifs is 1. The van der Waals surface area contributed by atoms with Gasteiger partial charge >= 0.3 is 0 Å². The Morgan fingerprint density at radius 1 is 1.33 bits per heavy atom. The lowest BCUT2D eigenvalue weighted by molar-refractivity contribution is -0.120. The summed E-state index contributed by atoms with van der Waals surface area (Å²) < 4.78 is 1.99. The van der Waals surface area contributed by atoms with E-state index < -0.39 is 0 Å². The zero-order valence-corrected chi connectivity index (χ0v) is 13.0. The van der Waals surface area contributed by atoms with Gasteiger partial charge in [-0.25, -0.2) is 0 Å². The lowest BCUT2D eigenvalue weighted by Gasteiger charge is -2.08. The van der Waals surface area contributed by atoms with Gasteiger partial charge in [0.1, 0.15) is 0 Å². The first-order chi connectivity index (χ1) is 10.1. The van der Waals surface area contributed by atoms with E-state index in [4.69, 9.17) is 0 Å². The van der Waals surface area contributed by atoms with Gasteiger partial charge < -0.3 is 10.6 Å². The molecule has 1 amide bonds. The number of aryl methyl sites for hydroxylation is 1. The molecule has 2 N–H and O–H groups in total. The lowest BCUT2D eigenvalue weighted by atomic mass is 10.2. The zero-order chi connectivity index (χ0) is 15.2. The van der Waals surface area contributed by atoms with Crippen LogP contribution in [-0.4, -0.2) is 28.8 Å². The molecule has 0 aliphatic heterocycles. The van der Waals surface area contributed by atoms with E-state index in [1.807, 2.05) is 16.8 Å². The van der Waals surface area contributed by atoms with Crippen LogP contribution in [-0.2, 0) is 17.9 Å². The number of amides is 1. The molecule has 5 heteroatoms. The summed E-state index contributed by atoms with van der Waals surface area (Å²) in [6.07, 6.45) is 0. The van der Waals surface area contributed by atoms with Crippen LogP contribution in [0.15, 0.2) is 24.3 Å². The fraction of sp³-hybridized carbons (Fsp3) is 0.500. The van der Waals surface area contributed by atoms with Crippen molar-refractivity contribution in [3.8, 4) is 0 Å². The second-order valence-corrected chi connectivity index (χ2v) is 5.58. The van der Waals surface area contributed by atoms with E-state index in [9.17, 15) is 4.79 Å². The molecule has 2 rings (SSSR count). The molecule has 0 atom stereocenters. The number of nitrogens with zero attached hydrogens (tertiary/aromatic N) is 2. The Kier molecular flexibility index (Phi) is 5.33. The van der Waals surface area contributed by atoms with Gasteiger partial charge in [-0.2, -0.15) is 5.10 Å². The first-order valence-electron chi connectivity index (χ1n) is 7.53. The molecular weight excluding hydrogens is 264 g/mol. The predicted molar refractivity (Wildman–Crippen MR) is 85.0 cm³/mol. The molecule has 1 aromatic heterocycles. The maximum absolute atomic E-state index is 11.7. The minimum Gasteiger partial charge on any atom is -0.355 e. The molecule has 21 heavy (non-hydrogen) atoms. The van der Waals surface area contributed by atoms with Gasteiger partial charge in [0.05, 0.1) is 17.8 Å². The van der Waals surface area contributed by atoms with Crippen molar-refractivity contribution >= 4 is 16.8 Å². The van der Waals surface area contributed by atoms with Crippen molar-refractivity contribution in [1.29, 1.82) is 0 Å². The number of hydrogen-bond acceptors (Lipinski definition) is 3. The minimum atomic E-state index is 0.0305. The van der Waals surface area contributed by atoms with E-state index in [1.165, 1.54) is 0 Å². The standard InChI is InChI=1S/C16H24N4O/c1-4-20-15-8-6-5-7-13(15)14(19-20)10-17-11-16(21)18-9-12(2)3/h5-8,12,17H,4,9-11H2,1-3H3,(H,18,21). The maximum Gasteiger partial charge on any atom is 0.233 e. The van der Waals surface area contributed by atoms with E-state index in [0.29, 0.717) is 25.6 Å². The van der Waals surface area contributed by atoms with Gasteiger partial charge in [0.25, 0.3) is 0 Å². The third-order valence-electron chi connectivity index (χ3n) is 3.32. The molecule has 0 fully saturated rings. The van der Waals surface area contributed by atoms with Crippen LogP contribution in [0, 0.1) is 5.92 Å². The highest BCUT2D eigenvalue weighted by molar-refractivity contribution is 5.82. The summed E-state index contributed by atoms with van der Waals surface area (Å²) in [4.78, 5) is 11.7. The van der Waals surface area contributed by atoms with Gasteiger partial charge in [0, 0.05) is 25.0 Å². The van der Waals surface area contributed by atoms with Crippen molar-refractivity contribution in [3.05, 3.63) is 30.0 Å². The number of nitrogens with one attached hydrogen (secondary N) is 2. The summed E-state index contributed by atoms with van der Waals surface area (Å²) in [6, 6.07) is 8.19. The summed E-state index contributed by atoms with van der Waals surface area (Å²) in [5.74, 6) is 0.501. The van der Waals surface area contributed by atoms with Crippen molar-refractivity contribution in [1.82, 2.24) is 20.4 Å². The average Bonchev–Trinajstić information content (AvgIpc) is 2.83. The molecular formula is C16H24N4O. The van der Waals surface area contributed by atoms with Crippen LogP contribution in [0.25, 0.3) is 10.9 Å². The number of aromatic nitrogens is 2. The highest BCUT2D eigenvalue weighted by Crippen LogP contribution is 2.17. The number of carbonyl (C=O) groups excluding carboxylic acids is 1. The summed E-state index contributed by atoms with van der Waals surface area (Å²) in [6.45, 7) is 8.72. The Hall–Kier alpha value is -1.88. The fourth-order valence-corrected chi connectivity index (χ4v) is 2.24. The first-order valence-corrected chi connectivity index (χ1v) is 7.53. The highest BCUT2D eigenvalue weighted by Gasteiger charge is 2.09. The summed E-state index contributed by atoms with van der Waals surface area (Å²) in [7, 11) is 0. The molecule has 0 saturated heterocycles. The highest BCUT2D eigenvalue weighted by atomic mass is 16.1. The van der Waals surface area contributed by atoms with Crippen molar-refractivity contribution < 1.29 is 4.79 Å². The smallest absolute Gasteiger partial charge is 0.233 e. The topological polar surface area (TPSA) is 59.0 Å². The summed E-state index contributed by atoms with van der Waals surface area (Å²) in [5.41, 5.74) is 2.13. The third kappa shape index (κ3) is 4.04. The first kappa shape index (κ1) is 15.5. The van der Waals surface area contributed by atoms with Gasteiger partial charge in [-0.05, 0) is 18.9 Å². The van der Waals surface area contributed by atoms with Crippen LogP contribution in [0.2, 0.25) is 0 Å². The monoisotopic (exact) mass is 288 g/mol. The molecule has 0 aliphatic carbocycles. The molecule has 1 aromatic carbocycles. The van der Waals surface area contributed by atoms with Crippen LogP contribution in [0.4, 0.5) is 0 Å². The largest absolute Gasteiger partial charge is 0.355 e. The molecule has 0 radical (unpaired) electrons. The molecule has 1 heterocycles. The van der Waals surface area contributed by atoms with E-state index in [0.717, 1.165) is 23.1 Å². The normalized spacial score (nSPS) is 11.2. The maximum atomic E-state index is 11.7. The van der Waals surface area contributed by atoms with E-state index in [1.54, 1.807) is 0 Å². The Morgan fingerprint density at radius 3 is 2.81 bits per heavy atom. The second-order valence-electron chi connectivity index (χ2n) is 5.58. The van der Waals surface area contributed by atoms with E-state index in [2.05, 4.69) is 48.6 Å². The molecule has 2 aromatic rings. The molecule has 0 aliphatic rings. The van der Waals surface area contributed by atoms with Gasteiger partial charge in [0.15, 0.2) is 0 Å². The van der Waals surface area contributed by atoms with Crippen LogP contribution in [0.1, 0.15) is 26.5 Å². The summed E-state index contributed by atoms with van der Waals surface area (Å²) in [5, 5.41) is 11.8. The van der Waals surface area contributed by atoms with Crippen LogP contribution >= 0.6 is 0 Å². The third-order valence-corrected chi connectivity index (χ3v) is 3.32. The van der Waals surface area contributed by atoms with Crippen LogP contribution in [0.5, 0.6) is 0 Å². The van der Waals surface area contributed by atoms with Gasteiger partial charge in [-0.3, -0.25) is 9.48 Å². The van der Waals surface area contributed by atoms with Crippen molar-refractivity contribution in [2.75, 3.05) is 13.1 Å². The number of rotatable bonds is 7. The lowest BCUT2D eigenvalue weighted by Crippen LogP contribution is -2.35. The molecule has 0 unspecified atom stereocenters. The fourth-order valence-electron chi connectivity index (χ4n) is 2.24.